The molecule has 7 nitrogen and oxygen atoms in total. The number of hydrogen-bond donors (Lipinski definition) is 2. The van der Waals surface area contributed by atoms with E-state index in [9.17, 15) is 4.79 Å². The molecule has 0 atom stereocenters. The molecule has 8 heteroatoms. The molecule has 0 saturated carbocycles. The van der Waals surface area contributed by atoms with E-state index in [4.69, 9.17) is 9.47 Å². The maximum absolute atomic E-state index is 13.1. The predicted molar refractivity (Wildman–Crippen MR) is 102 cm³/mol. The maximum Gasteiger partial charge on any atom is 0.252 e. The monoisotopic (exact) mass is 380 g/mol. The summed E-state index contributed by atoms with van der Waals surface area (Å²) < 4.78 is 12.7. The Morgan fingerprint density at radius 1 is 1.35 bits per heavy atom. The first-order valence-electron chi connectivity index (χ1n) is 8.53. The molecule has 3 rings (SSSR count). The Balaban J connectivity index is 0.00000243. The minimum atomic E-state index is -0.680. The number of halogens is 1. The lowest BCUT2D eigenvalue weighted by molar-refractivity contribution is -0.126. The van der Waals surface area contributed by atoms with Crippen molar-refractivity contribution in [2.45, 2.75) is 25.3 Å². The average molecular weight is 381 g/mol. The van der Waals surface area contributed by atoms with Crippen LogP contribution in [0.15, 0.2) is 36.7 Å². The summed E-state index contributed by atoms with van der Waals surface area (Å²) in [4.78, 5) is 13.1. The molecule has 1 saturated heterocycles. The molecule has 1 aromatic heterocycles. The van der Waals surface area contributed by atoms with Gasteiger partial charge >= 0.3 is 0 Å². The highest BCUT2D eigenvalue weighted by atomic mass is 35.5. The van der Waals surface area contributed by atoms with Crippen LogP contribution in [0, 0.1) is 0 Å². The van der Waals surface area contributed by atoms with Crippen molar-refractivity contribution >= 4 is 24.0 Å². The Bertz CT molecular complexity index is 715. The third-order valence-electron chi connectivity index (χ3n) is 4.52. The molecule has 0 spiro atoms. The number of nitrogens with one attached hydrogen (secondary N) is 2. The van der Waals surface area contributed by atoms with Gasteiger partial charge in [-0.3, -0.25) is 9.48 Å². The van der Waals surface area contributed by atoms with E-state index in [0.717, 1.165) is 13.1 Å². The van der Waals surface area contributed by atoms with E-state index in [-0.39, 0.29) is 18.3 Å². The van der Waals surface area contributed by atoms with E-state index < -0.39 is 5.54 Å². The molecule has 2 aromatic rings. The van der Waals surface area contributed by atoms with E-state index in [0.29, 0.717) is 36.6 Å². The average Bonchev–Trinajstić information content (AvgIpc) is 3.19. The van der Waals surface area contributed by atoms with Crippen molar-refractivity contribution in [3.63, 3.8) is 0 Å². The Morgan fingerprint density at radius 2 is 2.12 bits per heavy atom. The second-order valence-electron chi connectivity index (χ2n) is 5.98. The van der Waals surface area contributed by atoms with Crippen LogP contribution in [-0.4, -0.2) is 42.5 Å². The summed E-state index contributed by atoms with van der Waals surface area (Å²) in [7, 11) is 1.58. The normalized spacial score (nSPS) is 15.6. The first kappa shape index (κ1) is 20.1. The number of amides is 1. The number of benzene rings is 1. The number of carbonyl (C=O) groups excluding carboxylic acids is 1. The Kier molecular flexibility index (Phi) is 6.88. The SMILES string of the molecule is CCOc1ccc(NC(=O)C2(n3cccn3)CCNCC2)cc1OC.Cl. The molecule has 2 heterocycles. The zero-order valence-corrected chi connectivity index (χ0v) is 15.8. The summed E-state index contributed by atoms with van der Waals surface area (Å²) in [5, 5.41) is 10.7. The van der Waals surface area contributed by atoms with Gasteiger partial charge in [-0.25, -0.2) is 0 Å². The molecule has 2 N–H and O–H groups in total. The third kappa shape index (κ3) is 3.94. The number of anilines is 1. The van der Waals surface area contributed by atoms with Crippen molar-refractivity contribution in [2.24, 2.45) is 0 Å². The maximum atomic E-state index is 13.1. The van der Waals surface area contributed by atoms with Crippen LogP contribution in [0.2, 0.25) is 0 Å². The van der Waals surface area contributed by atoms with Crippen molar-refractivity contribution in [3.05, 3.63) is 36.7 Å². The van der Waals surface area contributed by atoms with Crippen LogP contribution in [0.1, 0.15) is 19.8 Å². The van der Waals surface area contributed by atoms with Crippen LogP contribution in [0.3, 0.4) is 0 Å². The van der Waals surface area contributed by atoms with Gasteiger partial charge in [-0.15, -0.1) is 12.4 Å². The van der Waals surface area contributed by atoms with Crippen LogP contribution < -0.4 is 20.1 Å². The Labute approximate surface area is 159 Å². The van der Waals surface area contributed by atoms with Gasteiger partial charge < -0.3 is 20.1 Å². The molecule has 1 fully saturated rings. The second-order valence-corrected chi connectivity index (χ2v) is 5.98. The number of nitrogens with zero attached hydrogens (tertiary/aromatic N) is 2. The minimum Gasteiger partial charge on any atom is -0.493 e. The van der Waals surface area contributed by atoms with Gasteiger partial charge in [0.1, 0.15) is 5.54 Å². The summed E-state index contributed by atoms with van der Waals surface area (Å²) in [6.45, 7) is 4.03. The Morgan fingerprint density at radius 3 is 2.73 bits per heavy atom. The van der Waals surface area contributed by atoms with Gasteiger partial charge in [-0.1, -0.05) is 0 Å². The number of hydrogen-bond acceptors (Lipinski definition) is 5. The van der Waals surface area contributed by atoms with Gasteiger partial charge in [0, 0.05) is 24.1 Å². The molecule has 0 bridgehead atoms. The molecule has 142 valence electrons. The van der Waals surface area contributed by atoms with Crippen molar-refractivity contribution in [1.29, 1.82) is 0 Å². The van der Waals surface area contributed by atoms with Gasteiger partial charge in [0.05, 0.1) is 13.7 Å². The quantitative estimate of drug-likeness (QED) is 0.804. The lowest BCUT2D eigenvalue weighted by atomic mass is 9.87. The van der Waals surface area contributed by atoms with Crippen molar-refractivity contribution in [3.8, 4) is 11.5 Å². The van der Waals surface area contributed by atoms with E-state index in [2.05, 4.69) is 15.7 Å². The zero-order chi connectivity index (χ0) is 17.7. The molecule has 0 unspecified atom stereocenters. The topological polar surface area (TPSA) is 77.4 Å². The summed E-state index contributed by atoms with van der Waals surface area (Å²) in [5.74, 6) is 1.19. The molecule has 0 aliphatic carbocycles. The first-order chi connectivity index (χ1) is 12.2. The van der Waals surface area contributed by atoms with Crippen LogP contribution >= 0.6 is 12.4 Å². The summed E-state index contributed by atoms with van der Waals surface area (Å²) in [5.41, 5.74) is -0.00372. The van der Waals surface area contributed by atoms with Crippen LogP contribution in [0.4, 0.5) is 5.69 Å². The first-order valence-corrected chi connectivity index (χ1v) is 8.53. The van der Waals surface area contributed by atoms with Gasteiger partial charge in [0.2, 0.25) is 0 Å². The molecular weight excluding hydrogens is 356 g/mol. The zero-order valence-electron chi connectivity index (χ0n) is 15.0. The fraction of sp³-hybridized carbons (Fsp3) is 0.444. The lowest BCUT2D eigenvalue weighted by Crippen LogP contribution is -2.52. The molecule has 1 amide bonds. The number of rotatable bonds is 6. The fourth-order valence-electron chi connectivity index (χ4n) is 3.19. The van der Waals surface area contributed by atoms with Gasteiger partial charge in [0.25, 0.3) is 5.91 Å². The number of piperidine rings is 1. The predicted octanol–water partition coefficient (Wildman–Crippen LogP) is 2.43. The highest BCUT2D eigenvalue weighted by molar-refractivity contribution is 5.97. The van der Waals surface area contributed by atoms with Crippen molar-refractivity contribution < 1.29 is 14.3 Å². The van der Waals surface area contributed by atoms with E-state index >= 15 is 0 Å². The molecule has 1 aliphatic rings. The summed E-state index contributed by atoms with van der Waals surface area (Å²) in [6, 6.07) is 7.25. The van der Waals surface area contributed by atoms with Crippen LogP contribution in [-0.2, 0) is 10.3 Å². The van der Waals surface area contributed by atoms with Crippen molar-refractivity contribution in [1.82, 2.24) is 15.1 Å². The van der Waals surface area contributed by atoms with Crippen LogP contribution in [0.25, 0.3) is 0 Å². The van der Waals surface area contributed by atoms with E-state index in [1.165, 1.54) is 0 Å². The molecule has 0 radical (unpaired) electrons. The van der Waals surface area contributed by atoms with Crippen molar-refractivity contribution in [2.75, 3.05) is 32.1 Å². The van der Waals surface area contributed by atoms with E-state index in [1.54, 1.807) is 30.1 Å². The largest absolute Gasteiger partial charge is 0.493 e. The van der Waals surface area contributed by atoms with Crippen LogP contribution in [0.5, 0.6) is 11.5 Å². The van der Waals surface area contributed by atoms with Gasteiger partial charge in [0.15, 0.2) is 11.5 Å². The molecule has 26 heavy (non-hydrogen) atoms. The number of carbonyl (C=O) groups is 1. The van der Waals surface area contributed by atoms with Gasteiger partial charge in [-0.05, 0) is 51.1 Å². The smallest absolute Gasteiger partial charge is 0.252 e. The molecule has 1 aromatic carbocycles. The standard InChI is InChI=1S/C18H24N4O3.ClH/c1-3-25-15-6-5-14(13-16(15)24-2)21-17(23)18(7-10-19-11-8-18)22-12-4-9-20-22;/h4-6,9,12-13,19H,3,7-8,10-11H2,1-2H3,(H,21,23);1H. The highest BCUT2D eigenvalue weighted by Crippen LogP contribution is 2.32. The number of aromatic nitrogens is 2. The highest BCUT2D eigenvalue weighted by Gasteiger charge is 2.42. The second kappa shape index (κ2) is 8.91. The summed E-state index contributed by atoms with van der Waals surface area (Å²) >= 11 is 0. The lowest BCUT2D eigenvalue weighted by Gasteiger charge is -2.36. The molecular formula is C18H25ClN4O3. The Hall–Kier alpha value is -2.25. The minimum absolute atomic E-state index is 0. The number of methoxy groups -OCH3 is 1. The number of ether oxygens (including phenoxy) is 2. The summed E-state index contributed by atoms with van der Waals surface area (Å²) in [6.07, 6.45) is 4.93. The van der Waals surface area contributed by atoms with Gasteiger partial charge in [-0.2, -0.15) is 5.10 Å². The third-order valence-corrected chi connectivity index (χ3v) is 4.52. The van der Waals surface area contributed by atoms with E-state index in [1.807, 2.05) is 25.3 Å². The molecule has 1 aliphatic heterocycles. The fourth-order valence-corrected chi connectivity index (χ4v) is 3.19.